The second kappa shape index (κ2) is 4.53. The molecule has 1 heterocycles. The largest absolute Gasteiger partial charge is 0.475 e. The molecule has 0 saturated carbocycles. The van der Waals surface area contributed by atoms with Gasteiger partial charge in [0.25, 0.3) is 0 Å². The second-order valence-electron chi connectivity index (χ2n) is 2.68. The van der Waals surface area contributed by atoms with Gasteiger partial charge in [-0.1, -0.05) is 15.9 Å². The van der Waals surface area contributed by atoms with Gasteiger partial charge in [0.1, 0.15) is 0 Å². The normalized spacial score (nSPS) is 14.1. The molecule has 0 fully saturated rings. The van der Waals surface area contributed by atoms with Crippen LogP contribution in [0.3, 0.4) is 0 Å². The molecule has 1 nitrogen and oxygen atoms in total. The number of hydrogen-bond donors (Lipinski definition) is 0. The zero-order valence-corrected chi connectivity index (χ0v) is 9.67. The van der Waals surface area contributed by atoms with E-state index in [0.29, 0.717) is 5.06 Å². The highest BCUT2D eigenvalue weighted by molar-refractivity contribution is 9.09. The smallest absolute Gasteiger partial charge is 0.422 e. The summed E-state index contributed by atoms with van der Waals surface area (Å²) < 4.78 is 39.9. The van der Waals surface area contributed by atoms with Crippen molar-refractivity contribution in [3.8, 4) is 5.06 Å². The third-order valence-electron chi connectivity index (χ3n) is 1.37. The van der Waals surface area contributed by atoms with E-state index < -0.39 is 12.8 Å². The van der Waals surface area contributed by atoms with Crippen molar-refractivity contribution in [3.05, 3.63) is 17.0 Å². The summed E-state index contributed by atoms with van der Waals surface area (Å²) in [5.41, 5.74) is 0. The molecule has 6 heteroatoms. The van der Waals surface area contributed by atoms with E-state index in [9.17, 15) is 13.2 Å². The number of thiophene rings is 1. The number of alkyl halides is 4. The molecular formula is C8H8BrF3OS. The number of hydrogen-bond acceptors (Lipinski definition) is 2. The zero-order valence-electron chi connectivity index (χ0n) is 7.27. The topological polar surface area (TPSA) is 9.23 Å². The van der Waals surface area contributed by atoms with Crippen LogP contribution in [-0.4, -0.2) is 12.8 Å². The highest BCUT2D eigenvalue weighted by Gasteiger charge is 2.28. The summed E-state index contributed by atoms with van der Waals surface area (Å²) in [4.78, 5) is 1.08. The maximum absolute atomic E-state index is 11.8. The van der Waals surface area contributed by atoms with Gasteiger partial charge in [0, 0.05) is 9.70 Å². The summed E-state index contributed by atoms with van der Waals surface area (Å²) in [5, 5.41) is 0.295. The monoisotopic (exact) mass is 288 g/mol. The molecule has 14 heavy (non-hydrogen) atoms. The van der Waals surface area contributed by atoms with Crippen LogP contribution in [0.4, 0.5) is 13.2 Å². The fraction of sp³-hybridized carbons (Fsp3) is 0.500. The first-order chi connectivity index (χ1) is 6.38. The SMILES string of the molecule is CC(Br)c1ccc(OCC(F)(F)F)s1. The van der Waals surface area contributed by atoms with Crippen molar-refractivity contribution < 1.29 is 17.9 Å². The fourth-order valence-electron chi connectivity index (χ4n) is 0.779. The van der Waals surface area contributed by atoms with E-state index in [-0.39, 0.29) is 4.83 Å². The Balaban J connectivity index is 2.52. The highest BCUT2D eigenvalue weighted by atomic mass is 79.9. The van der Waals surface area contributed by atoms with Gasteiger partial charge in [-0.15, -0.1) is 11.3 Å². The van der Waals surface area contributed by atoms with Crippen LogP contribution in [0.25, 0.3) is 0 Å². The first kappa shape index (κ1) is 11.8. The Hall–Kier alpha value is -0.230. The second-order valence-corrected chi connectivity index (χ2v) is 5.13. The maximum atomic E-state index is 11.8. The summed E-state index contributed by atoms with van der Waals surface area (Å²) in [6.07, 6.45) is -4.27. The van der Waals surface area contributed by atoms with E-state index in [1.807, 2.05) is 6.92 Å². The van der Waals surface area contributed by atoms with Crippen LogP contribution in [0.15, 0.2) is 12.1 Å². The van der Waals surface area contributed by atoms with Crippen LogP contribution in [0.1, 0.15) is 16.6 Å². The molecule has 0 aliphatic carbocycles. The van der Waals surface area contributed by atoms with Gasteiger partial charge in [0.15, 0.2) is 11.7 Å². The van der Waals surface area contributed by atoms with Gasteiger partial charge in [-0.25, -0.2) is 0 Å². The van der Waals surface area contributed by atoms with Crippen molar-refractivity contribution >= 4 is 27.3 Å². The minimum Gasteiger partial charge on any atom is -0.475 e. The molecule has 1 atom stereocenters. The number of ether oxygens (including phenoxy) is 1. The Kier molecular flexibility index (Phi) is 3.83. The molecule has 0 amide bonds. The zero-order chi connectivity index (χ0) is 10.8. The Morgan fingerprint density at radius 3 is 2.57 bits per heavy atom. The van der Waals surface area contributed by atoms with Crippen LogP contribution >= 0.6 is 27.3 Å². The fourth-order valence-corrected chi connectivity index (χ4v) is 2.00. The molecule has 0 saturated heterocycles. The van der Waals surface area contributed by atoms with Crippen molar-refractivity contribution in [1.82, 2.24) is 0 Å². The van der Waals surface area contributed by atoms with E-state index in [0.717, 1.165) is 4.88 Å². The lowest BCUT2D eigenvalue weighted by atomic mass is 10.4. The first-order valence-corrected chi connectivity index (χ1v) is 5.55. The Bertz CT molecular complexity index is 295. The van der Waals surface area contributed by atoms with Crippen LogP contribution in [-0.2, 0) is 0 Å². The molecule has 80 valence electrons. The Morgan fingerprint density at radius 1 is 1.50 bits per heavy atom. The van der Waals surface area contributed by atoms with Gasteiger partial charge in [0.05, 0.1) is 0 Å². The van der Waals surface area contributed by atoms with E-state index in [4.69, 9.17) is 0 Å². The Labute approximate surface area is 92.0 Å². The molecule has 0 aliphatic rings. The van der Waals surface area contributed by atoms with Gasteiger partial charge >= 0.3 is 6.18 Å². The lowest BCUT2D eigenvalue weighted by Crippen LogP contribution is -2.18. The van der Waals surface area contributed by atoms with Gasteiger partial charge in [-0.3, -0.25) is 0 Å². The molecule has 1 unspecified atom stereocenters. The van der Waals surface area contributed by atoms with Crippen molar-refractivity contribution in [2.45, 2.75) is 17.9 Å². The lowest BCUT2D eigenvalue weighted by Gasteiger charge is -2.06. The third kappa shape index (κ3) is 3.88. The van der Waals surface area contributed by atoms with E-state index in [1.165, 1.54) is 11.3 Å². The third-order valence-corrected chi connectivity index (χ3v) is 3.35. The molecule has 0 radical (unpaired) electrons. The molecule has 0 aliphatic heterocycles. The Morgan fingerprint density at radius 2 is 2.14 bits per heavy atom. The minimum absolute atomic E-state index is 0.135. The van der Waals surface area contributed by atoms with E-state index >= 15 is 0 Å². The number of rotatable bonds is 3. The van der Waals surface area contributed by atoms with Crippen molar-refractivity contribution in [2.75, 3.05) is 6.61 Å². The molecule has 0 bridgehead atoms. The van der Waals surface area contributed by atoms with Gasteiger partial charge in [0.2, 0.25) is 0 Å². The minimum atomic E-state index is -4.27. The standard InChI is InChI=1S/C8H8BrF3OS/c1-5(9)6-2-3-7(14-6)13-4-8(10,11)12/h2-3,5H,4H2,1H3. The van der Waals surface area contributed by atoms with E-state index in [2.05, 4.69) is 20.7 Å². The first-order valence-electron chi connectivity index (χ1n) is 3.82. The summed E-state index contributed by atoms with van der Waals surface area (Å²) in [6.45, 7) is 0.670. The summed E-state index contributed by atoms with van der Waals surface area (Å²) in [5.74, 6) is 0. The quantitative estimate of drug-likeness (QED) is 0.760. The van der Waals surface area contributed by atoms with E-state index in [1.54, 1.807) is 12.1 Å². The molecule has 1 aromatic heterocycles. The molecular weight excluding hydrogens is 281 g/mol. The summed E-state index contributed by atoms with van der Waals surface area (Å²) in [6, 6.07) is 3.29. The summed E-state index contributed by atoms with van der Waals surface area (Å²) in [7, 11) is 0. The van der Waals surface area contributed by atoms with Crippen LogP contribution in [0.2, 0.25) is 0 Å². The van der Waals surface area contributed by atoms with Gasteiger partial charge < -0.3 is 4.74 Å². The van der Waals surface area contributed by atoms with Crippen molar-refractivity contribution in [2.24, 2.45) is 0 Å². The average Bonchev–Trinajstić information content (AvgIpc) is 2.47. The predicted molar refractivity (Wildman–Crippen MR) is 53.2 cm³/mol. The van der Waals surface area contributed by atoms with Crippen molar-refractivity contribution in [3.63, 3.8) is 0 Å². The lowest BCUT2D eigenvalue weighted by molar-refractivity contribution is -0.152. The van der Waals surface area contributed by atoms with Crippen LogP contribution in [0.5, 0.6) is 5.06 Å². The molecule has 0 spiro atoms. The van der Waals surface area contributed by atoms with Gasteiger partial charge in [-0.2, -0.15) is 13.2 Å². The van der Waals surface area contributed by atoms with Crippen LogP contribution in [0, 0.1) is 0 Å². The van der Waals surface area contributed by atoms with Gasteiger partial charge in [-0.05, 0) is 19.1 Å². The highest BCUT2D eigenvalue weighted by Crippen LogP contribution is 2.33. The predicted octanol–water partition coefficient (Wildman–Crippen LogP) is 4.15. The van der Waals surface area contributed by atoms with Crippen LogP contribution < -0.4 is 4.74 Å². The molecule has 1 aromatic rings. The maximum Gasteiger partial charge on any atom is 0.422 e. The molecule has 0 aromatic carbocycles. The molecule has 1 rings (SSSR count). The van der Waals surface area contributed by atoms with Crippen molar-refractivity contribution in [1.29, 1.82) is 0 Å². The average molecular weight is 289 g/mol. The molecule has 0 N–H and O–H groups in total. The number of halogens is 4. The summed E-state index contributed by atoms with van der Waals surface area (Å²) >= 11 is 4.53.